The Morgan fingerprint density at radius 1 is 1.44 bits per heavy atom. The van der Waals surface area contributed by atoms with Crippen LogP contribution in [0.4, 0.5) is 0 Å². The molecule has 2 rings (SSSR count). The van der Waals surface area contributed by atoms with Gasteiger partial charge < -0.3 is 5.73 Å². The normalized spacial score (nSPS) is 25.9. The van der Waals surface area contributed by atoms with Gasteiger partial charge in [-0.25, -0.2) is 0 Å². The lowest BCUT2D eigenvalue weighted by Gasteiger charge is -2.31. The molecular weight excluding hydrogens is 198 g/mol. The maximum atomic E-state index is 5.71. The van der Waals surface area contributed by atoms with Gasteiger partial charge in [-0.3, -0.25) is 4.68 Å². The fraction of sp³-hybridized carbons (Fsp3) is 0.769. The molecule has 3 nitrogen and oxygen atoms in total. The van der Waals surface area contributed by atoms with Crippen molar-refractivity contribution in [2.24, 2.45) is 11.7 Å². The highest BCUT2D eigenvalue weighted by Gasteiger charge is 2.26. The van der Waals surface area contributed by atoms with Crippen molar-refractivity contribution in [2.75, 3.05) is 0 Å². The minimum absolute atomic E-state index is 0.606. The summed E-state index contributed by atoms with van der Waals surface area (Å²) >= 11 is 0. The van der Waals surface area contributed by atoms with Crippen LogP contribution in [-0.2, 0) is 6.54 Å². The van der Waals surface area contributed by atoms with Crippen LogP contribution < -0.4 is 5.73 Å². The van der Waals surface area contributed by atoms with Crippen LogP contribution >= 0.6 is 0 Å². The first-order valence-corrected chi connectivity index (χ1v) is 6.51. The monoisotopic (exact) mass is 221 g/mol. The van der Waals surface area contributed by atoms with Crippen LogP contribution in [0.2, 0.25) is 0 Å². The fourth-order valence-electron chi connectivity index (χ4n) is 2.90. The molecule has 1 aromatic heterocycles. The molecular formula is C13H23N3. The zero-order chi connectivity index (χ0) is 11.5. The second-order valence-electron chi connectivity index (χ2n) is 4.94. The zero-order valence-corrected chi connectivity index (χ0v) is 10.4. The summed E-state index contributed by atoms with van der Waals surface area (Å²) in [7, 11) is 0. The van der Waals surface area contributed by atoms with Crippen LogP contribution in [0.3, 0.4) is 0 Å². The summed E-state index contributed by atoms with van der Waals surface area (Å²) in [4.78, 5) is 0. The Kier molecular flexibility index (Phi) is 3.64. The quantitative estimate of drug-likeness (QED) is 0.853. The van der Waals surface area contributed by atoms with Crippen LogP contribution in [-0.4, -0.2) is 9.78 Å². The number of hydrogen-bond acceptors (Lipinski definition) is 2. The smallest absolute Gasteiger partial charge is 0.0638 e. The van der Waals surface area contributed by atoms with Gasteiger partial charge in [0.2, 0.25) is 0 Å². The molecule has 1 heterocycles. The summed E-state index contributed by atoms with van der Waals surface area (Å²) in [5.41, 5.74) is 8.00. The average Bonchev–Trinajstić information content (AvgIpc) is 2.70. The van der Waals surface area contributed by atoms with E-state index in [4.69, 9.17) is 5.73 Å². The van der Waals surface area contributed by atoms with Crippen molar-refractivity contribution in [3.05, 3.63) is 17.5 Å². The third kappa shape index (κ3) is 2.14. The summed E-state index contributed by atoms with van der Waals surface area (Å²) in [6, 6.07) is 0.609. The van der Waals surface area contributed by atoms with Crippen molar-refractivity contribution in [2.45, 2.75) is 58.5 Å². The Morgan fingerprint density at radius 2 is 2.19 bits per heavy atom. The molecule has 2 atom stereocenters. The largest absolute Gasteiger partial charge is 0.326 e. The number of nitrogens with two attached hydrogens (primary N) is 1. The molecule has 1 aromatic rings. The van der Waals surface area contributed by atoms with Gasteiger partial charge in [0, 0.05) is 18.3 Å². The van der Waals surface area contributed by atoms with Crippen molar-refractivity contribution in [1.82, 2.24) is 9.78 Å². The Labute approximate surface area is 98.0 Å². The number of hydrogen-bond donors (Lipinski definition) is 1. The number of aromatic nitrogens is 2. The molecule has 1 aliphatic carbocycles. The maximum absolute atomic E-state index is 5.71. The topological polar surface area (TPSA) is 43.8 Å². The second-order valence-corrected chi connectivity index (χ2v) is 4.94. The highest BCUT2D eigenvalue weighted by molar-refractivity contribution is 5.15. The van der Waals surface area contributed by atoms with Crippen molar-refractivity contribution < 1.29 is 0 Å². The molecule has 3 heteroatoms. The summed E-state index contributed by atoms with van der Waals surface area (Å²) in [5.74, 6) is 0.804. The van der Waals surface area contributed by atoms with E-state index < -0.39 is 0 Å². The maximum Gasteiger partial charge on any atom is 0.0638 e. The third-order valence-electron chi connectivity index (χ3n) is 3.97. The minimum Gasteiger partial charge on any atom is -0.326 e. The van der Waals surface area contributed by atoms with E-state index in [0.717, 1.165) is 11.6 Å². The van der Waals surface area contributed by atoms with Gasteiger partial charge in [-0.05, 0) is 25.7 Å². The number of nitrogens with zero attached hydrogens (tertiary/aromatic N) is 2. The summed E-state index contributed by atoms with van der Waals surface area (Å²) < 4.78 is 2.19. The van der Waals surface area contributed by atoms with Crippen molar-refractivity contribution in [3.63, 3.8) is 0 Å². The molecule has 16 heavy (non-hydrogen) atoms. The lowest BCUT2D eigenvalue weighted by Crippen LogP contribution is -2.23. The van der Waals surface area contributed by atoms with Gasteiger partial charge in [-0.1, -0.05) is 26.2 Å². The first-order valence-electron chi connectivity index (χ1n) is 6.51. The van der Waals surface area contributed by atoms with E-state index in [1.54, 1.807) is 0 Å². The SMILES string of the molecule is CCC1CCCCC1n1cc(CN)c(C)n1. The van der Waals surface area contributed by atoms with Crippen molar-refractivity contribution in [3.8, 4) is 0 Å². The second kappa shape index (κ2) is 5.00. The number of rotatable bonds is 3. The van der Waals surface area contributed by atoms with Gasteiger partial charge in [-0.2, -0.15) is 5.10 Å². The Morgan fingerprint density at radius 3 is 2.81 bits per heavy atom. The standard InChI is InChI=1S/C13H23N3/c1-3-11-6-4-5-7-13(11)16-9-12(8-14)10(2)15-16/h9,11,13H,3-8,14H2,1-2H3. The van der Waals surface area contributed by atoms with E-state index in [1.807, 2.05) is 0 Å². The lowest BCUT2D eigenvalue weighted by atomic mass is 9.83. The molecule has 0 bridgehead atoms. The molecule has 1 saturated carbocycles. The molecule has 0 aromatic carbocycles. The van der Waals surface area contributed by atoms with E-state index in [0.29, 0.717) is 12.6 Å². The molecule has 0 aliphatic heterocycles. The fourth-order valence-corrected chi connectivity index (χ4v) is 2.90. The first-order chi connectivity index (χ1) is 7.76. The lowest BCUT2D eigenvalue weighted by molar-refractivity contribution is 0.217. The van der Waals surface area contributed by atoms with Crippen molar-refractivity contribution in [1.29, 1.82) is 0 Å². The highest BCUT2D eigenvalue weighted by atomic mass is 15.3. The van der Waals surface area contributed by atoms with Crippen LogP contribution in [0.5, 0.6) is 0 Å². The molecule has 0 spiro atoms. The van der Waals surface area contributed by atoms with Crippen LogP contribution in [0.25, 0.3) is 0 Å². The molecule has 1 aliphatic rings. The Hall–Kier alpha value is -0.830. The summed E-state index contributed by atoms with van der Waals surface area (Å²) in [6.45, 7) is 4.96. The number of aryl methyl sites for hydroxylation is 1. The van der Waals surface area contributed by atoms with Crippen LogP contribution in [0.15, 0.2) is 6.20 Å². The molecule has 2 unspecified atom stereocenters. The predicted octanol–water partition coefficient (Wildman–Crippen LogP) is 2.79. The van der Waals surface area contributed by atoms with Gasteiger partial charge in [0.1, 0.15) is 0 Å². The van der Waals surface area contributed by atoms with Crippen LogP contribution in [0.1, 0.15) is 56.3 Å². The van der Waals surface area contributed by atoms with Crippen molar-refractivity contribution >= 4 is 0 Å². The molecule has 0 saturated heterocycles. The van der Waals surface area contributed by atoms with Gasteiger partial charge in [0.05, 0.1) is 11.7 Å². The van der Waals surface area contributed by atoms with Crippen LogP contribution in [0, 0.1) is 12.8 Å². The van der Waals surface area contributed by atoms with Gasteiger partial charge >= 0.3 is 0 Å². The first kappa shape index (κ1) is 11.6. The molecule has 1 fully saturated rings. The highest BCUT2D eigenvalue weighted by Crippen LogP contribution is 2.35. The van der Waals surface area contributed by atoms with Gasteiger partial charge in [0.25, 0.3) is 0 Å². The van der Waals surface area contributed by atoms with Gasteiger partial charge in [0.15, 0.2) is 0 Å². The van der Waals surface area contributed by atoms with E-state index in [-0.39, 0.29) is 0 Å². The average molecular weight is 221 g/mol. The van der Waals surface area contributed by atoms with E-state index in [1.165, 1.54) is 37.7 Å². The Balaban J connectivity index is 2.20. The molecule has 90 valence electrons. The summed E-state index contributed by atoms with van der Waals surface area (Å²) in [6.07, 6.45) is 8.80. The van der Waals surface area contributed by atoms with E-state index in [9.17, 15) is 0 Å². The van der Waals surface area contributed by atoms with E-state index >= 15 is 0 Å². The minimum atomic E-state index is 0.606. The predicted molar refractivity (Wildman–Crippen MR) is 66.1 cm³/mol. The molecule has 0 amide bonds. The van der Waals surface area contributed by atoms with Gasteiger partial charge in [-0.15, -0.1) is 0 Å². The molecule has 0 radical (unpaired) electrons. The third-order valence-corrected chi connectivity index (χ3v) is 3.97. The summed E-state index contributed by atoms with van der Waals surface area (Å²) in [5, 5.41) is 4.64. The van der Waals surface area contributed by atoms with E-state index in [2.05, 4.69) is 29.8 Å². The Bertz CT molecular complexity index is 343. The molecule has 2 N–H and O–H groups in total. The zero-order valence-electron chi connectivity index (χ0n) is 10.4.